The van der Waals surface area contributed by atoms with Gasteiger partial charge in [0.15, 0.2) is 0 Å². The molecular weight excluding hydrogens is 320 g/mol. The van der Waals surface area contributed by atoms with E-state index in [0.717, 1.165) is 19.3 Å². The summed E-state index contributed by atoms with van der Waals surface area (Å²) in [5.74, 6) is 0.276. The number of aromatic nitrogens is 1. The van der Waals surface area contributed by atoms with Gasteiger partial charge >= 0.3 is 0 Å². The van der Waals surface area contributed by atoms with Gasteiger partial charge in [-0.1, -0.05) is 32.0 Å². The van der Waals surface area contributed by atoms with E-state index < -0.39 is 10.0 Å². The Labute approximate surface area is 136 Å². The molecule has 2 rings (SSSR count). The molecule has 1 saturated carbocycles. The first-order valence-corrected chi connectivity index (χ1v) is 9.96. The van der Waals surface area contributed by atoms with E-state index >= 15 is 0 Å². The molecule has 7 heteroatoms. The van der Waals surface area contributed by atoms with Gasteiger partial charge in [0, 0.05) is 25.7 Å². The van der Waals surface area contributed by atoms with Crippen molar-refractivity contribution in [2.24, 2.45) is 0 Å². The highest BCUT2D eigenvalue weighted by Crippen LogP contribution is 2.31. The molecule has 5 nitrogen and oxygen atoms in total. The Morgan fingerprint density at radius 2 is 2.00 bits per heavy atom. The van der Waals surface area contributed by atoms with Gasteiger partial charge in [-0.2, -0.15) is 4.31 Å². The maximum atomic E-state index is 12.4. The fourth-order valence-corrected chi connectivity index (χ4v) is 5.01. The second-order valence-corrected chi connectivity index (χ2v) is 8.40. The first-order chi connectivity index (χ1) is 10.5. The van der Waals surface area contributed by atoms with Gasteiger partial charge in [0.05, 0.1) is 10.3 Å². The minimum atomic E-state index is -3.47. The Balaban J connectivity index is 2.11. The molecule has 0 N–H and O–H groups in total. The molecule has 0 saturated heterocycles. The molecule has 1 fully saturated rings. The zero-order valence-electron chi connectivity index (χ0n) is 13.0. The van der Waals surface area contributed by atoms with Crippen molar-refractivity contribution in [1.29, 1.82) is 0 Å². The van der Waals surface area contributed by atoms with Crippen LogP contribution >= 0.6 is 11.8 Å². The van der Waals surface area contributed by atoms with E-state index in [9.17, 15) is 13.2 Å². The first kappa shape index (κ1) is 17.4. The van der Waals surface area contributed by atoms with Crippen molar-refractivity contribution in [3.8, 4) is 0 Å². The summed E-state index contributed by atoms with van der Waals surface area (Å²) in [6.07, 6.45) is 4.96. The predicted octanol–water partition coefficient (Wildman–Crippen LogP) is 2.72. The Bertz CT molecular complexity index is 610. The lowest BCUT2D eigenvalue weighted by Gasteiger charge is -2.20. The normalized spacial score (nSPS) is 19.6. The highest BCUT2D eigenvalue weighted by Gasteiger charge is 2.25. The average Bonchev–Trinajstić information content (AvgIpc) is 2.51. The molecule has 0 amide bonds. The number of Topliss-reactive ketones (excluding diaryl/α,β-unsaturated/α-hetero) is 1. The molecule has 0 aromatic carbocycles. The van der Waals surface area contributed by atoms with E-state index in [2.05, 4.69) is 4.98 Å². The van der Waals surface area contributed by atoms with Crippen molar-refractivity contribution in [2.75, 3.05) is 13.1 Å². The quantitative estimate of drug-likeness (QED) is 0.795. The van der Waals surface area contributed by atoms with Gasteiger partial charge in [-0.3, -0.25) is 4.79 Å². The maximum absolute atomic E-state index is 12.4. The molecule has 1 aliphatic rings. The smallest absolute Gasteiger partial charge is 0.244 e. The summed E-state index contributed by atoms with van der Waals surface area (Å²) in [6, 6.07) is 3.28. The van der Waals surface area contributed by atoms with Crippen LogP contribution in [0.15, 0.2) is 28.3 Å². The Hall–Kier alpha value is -0.920. The average molecular weight is 342 g/mol. The molecule has 1 aromatic rings. The molecule has 0 bridgehead atoms. The largest absolute Gasteiger partial charge is 0.298 e. The van der Waals surface area contributed by atoms with E-state index in [0.29, 0.717) is 24.5 Å². The zero-order chi connectivity index (χ0) is 16.2. The number of hydrogen-bond donors (Lipinski definition) is 0. The van der Waals surface area contributed by atoms with Crippen LogP contribution in [-0.2, 0) is 14.8 Å². The van der Waals surface area contributed by atoms with Gasteiger partial charge < -0.3 is 0 Å². The Morgan fingerprint density at radius 3 is 2.55 bits per heavy atom. The van der Waals surface area contributed by atoms with Gasteiger partial charge in [0.2, 0.25) is 10.0 Å². The van der Waals surface area contributed by atoms with Crippen LogP contribution in [0, 0.1) is 0 Å². The van der Waals surface area contributed by atoms with Crippen LogP contribution < -0.4 is 0 Å². The monoisotopic (exact) mass is 342 g/mol. The Kier molecular flexibility index (Phi) is 6.00. The summed E-state index contributed by atoms with van der Waals surface area (Å²) in [4.78, 5) is 16.3. The number of rotatable bonds is 6. The van der Waals surface area contributed by atoms with Crippen LogP contribution in [0.25, 0.3) is 0 Å². The third-order valence-electron chi connectivity index (χ3n) is 3.81. The number of ketones is 1. The maximum Gasteiger partial charge on any atom is 0.244 e. The second-order valence-electron chi connectivity index (χ2n) is 5.24. The SMILES string of the molecule is CCN(CC)S(=O)(=O)c1ccc(S[C@@H]2CCCCC2=O)nc1. The van der Waals surface area contributed by atoms with Crippen LogP contribution in [-0.4, -0.2) is 41.8 Å². The molecule has 1 heterocycles. The van der Waals surface area contributed by atoms with Crippen molar-refractivity contribution >= 4 is 27.6 Å². The topological polar surface area (TPSA) is 67.3 Å². The summed E-state index contributed by atoms with van der Waals surface area (Å²) < 4.78 is 26.1. The zero-order valence-corrected chi connectivity index (χ0v) is 14.6. The van der Waals surface area contributed by atoms with Crippen molar-refractivity contribution in [2.45, 2.75) is 54.7 Å². The van der Waals surface area contributed by atoms with E-state index in [4.69, 9.17) is 0 Å². The lowest BCUT2D eigenvalue weighted by molar-refractivity contribution is -0.119. The molecule has 1 atom stereocenters. The third-order valence-corrected chi connectivity index (χ3v) is 7.11. The summed E-state index contributed by atoms with van der Waals surface area (Å²) in [5, 5.41) is 0.672. The Morgan fingerprint density at radius 1 is 1.27 bits per heavy atom. The van der Waals surface area contributed by atoms with Crippen molar-refractivity contribution in [3.05, 3.63) is 18.3 Å². The molecule has 0 spiro atoms. The fourth-order valence-electron chi connectivity index (χ4n) is 2.52. The molecule has 0 aliphatic heterocycles. The summed E-state index contributed by atoms with van der Waals surface area (Å²) in [5.41, 5.74) is 0. The lowest BCUT2D eigenvalue weighted by Crippen LogP contribution is -2.30. The van der Waals surface area contributed by atoms with Crippen LogP contribution in [0.4, 0.5) is 0 Å². The van der Waals surface area contributed by atoms with Crippen LogP contribution in [0.3, 0.4) is 0 Å². The highest BCUT2D eigenvalue weighted by atomic mass is 32.2. The molecule has 0 radical (unpaired) electrons. The number of thioether (sulfide) groups is 1. The van der Waals surface area contributed by atoms with Gasteiger partial charge in [-0.05, 0) is 25.0 Å². The van der Waals surface area contributed by atoms with Crippen molar-refractivity contribution in [3.63, 3.8) is 0 Å². The minimum absolute atomic E-state index is 0.0357. The van der Waals surface area contributed by atoms with Crippen LogP contribution in [0.2, 0.25) is 0 Å². The van der Waals surface area contributed by atoms with E-state index in [1.165, 1.54) is 22.3 Å². The predicted molar refractivity (Wildman–Crippen MR) is 87.5 cm³/mol. The van der Waals surface area contributed by atoms with E-state index in [1.807, 2.05) is 13.8 Å². The summed E-state index contributed by atoms with van der Waals surface area (Å²) in [6.45, 7) is 4.50. The molecule has 1 aromatic heterocycles. The first-order valence-electron chi connectivity index (χ1n) is 7.64. The van der Waals surface area contributed by atoms with Crippen molar-refractivity contribution in [1.82, 2.24) is 9.29 Å². The van der Waals surface area contributed by atoms with Gasteiger partial charge in [-0.25, -0.2) is 13.4 Å². The van der Waals surface area contributed by atoms with Gasteiger partial charge in [0.1, 0.15) is 10.7 Å². The number of carbonyl (C=O) groups is 1. The number of carbonyl (C=O) groups excluding carboxylic acids is 1. The number of pyridine rings is 1. The number of sulfonamides is 1. The molecule has 0 unspecified atom stereocenters. The molecular formula is C15H22N2O3S2. The standard InChI is InChI=1S/C15H22N2O3S2/c1-3-17(4-2)22(19,20)12-9-10-15(16-11-12)21-14-8-6-5-7-13(14)18/h9-11,14H,3-8H2,1-2H3/t14-/m1/s1. The number of hydrogen-bond acceptors (Lipinski definition) is 5. The van der Waals surface area contributed by atoms with Gasteiger partial charge in [0.25, 0.3) is 0 Å². The van der Waals surface area contributed by atoms with E-state index in [-0.39, 0.29) is 15.9 Å². The summed E-state index contributed by atoms with van der Waals surface area (Å²) in [7, 11) is -3.47. The molecule has 1 aliphatic carbocycles. The fraction of sp³-hybridized carbons (Fsp3) is 0.600. The highest BCUT2D eigenvalue weighted by molar-refractivity contribution is 8.00. The summed E-state index contributed by atoms with van der Waals surface area (Å²) >= 11 is 1.44. The lowest BCUT2D eigenvalue weighted by atomic mass is 9.99. The van der Waals surface area contributed by atoms with E-state index in [1.54, 1.807) is 12.1 Å². The molecule has 122 valence electrons. The minimum Gasteiger partial charge on any atom is -0.298 e. The van der Waals surface area contributed by atoms with Crippen molar-refractivity contribution < 1.29 is 13.2 Å². The third kappa shape index (κ3) is 3.88. The van der Waals surface area contributed by atoms with Crippen LogP contribution in [0.1, 0.15) is 39.5 Å². The van der Waals surface area contributed by atoms with Crippen LogP contribution in [0.5, 0.6) is 0 Å². The number of nitrogens with zero attached hydrogens (tertiary/aromatic N) is 2. The molecule has 22 heavy (non-hydrogen) atoms. The van der Waals surface area contributed by atoms with Gasteiger partial charge in [-0.15, -0.1) is 0 Å². The second kappa shape index (κ2) is 7.57.